The summed E-state index contributed by atoms with van der Waals surface area (Å²) in [5, 5.41) is 9.29. The Kier molecular flexibility index (Phi) is 5.73. The zero-order valence-electron chi connectivity index (χ0n) is 16.8. The van der Waals surface area contributed by atoms with Crippen LogP contribution in [0.4, 0.5) is 23.2 Å². The van der Waals surface area contributed by atoms with Crippen LogP contribution in [0.2, 0.25) is 0 Å². The number of rotatable bonds is 5. The number of benzene rings is 2. The van der Waals surface area contributed by atoms with E-state index < -0.39 is 29.3 Å². The molecule has 33 heavy (non-hydrogen) atoms. The summed E-state index contributed by atoms with van der Waals surface area (Å²) in [6.45, 7) is 1.63. The van der Waals surface area contributed by atoms with Crippen molar-refractivity contribution in [2.24, 2.45) is 0 Å². The van der Waals surface area contributed by atoms with Crippen LogP contribution in [0.25, 0.3) is 5.69 Å². The molecular weight excluding hydrogens is 444 g/mol. The molecule has 0 saturated carbocycles. The van der Waals surface area contributed by atoms with E-state index in [0.29, 0.717) is 16.0 Å². The van der Waals surface area contributed by atoms with Gasteiger partial charge in [-0.3, -0.25) is 4.79 Å². The zero-order chi connectivity index (χ0) is 23.6. The molecule has 8 nitrogen and oxygen atoms in total. The van der Waals surface area contributed by atoms with Gasteiger partial charge in [0.15, 0.2) is 11.4 Å². The van der Waals surface area contributed by atoms with Crippen LogP contribution in [0.1, 0.15) is 21.7 Å². The van der Waals surface area contributed by atoms with Crippen LogP contribution in [0, 0.1) is 12.7 Å². The van der Waals surface area contributed by atoms with Gasteiger partial charge in [0.05, 0.1) is 5.69 Å². The van der Waals surface area contributed by atoms with Crippen molar-refractivity contribution in [2.75, 3.05) is 5.32 Å². The molecule has 4 rings (SSSR count). The number of hydrogen-bond acceptors (Lipinski definition) is 6. The van der Waals surface area contributed by atoms with Gasteiger partial charge in [0.2, 0.25) is 0 Å². The Hall–Kier alpha value is -4.35. The minimum atomic E-state index is -4.95. The summed E-state index contributed by atoms with van der Waals surface area (Å²) in [6, 6.07) is 10.4. The van der Waals surface area contributed by atoms with Crippen molar-refractivity contribution in [3.63, 3.8) is 0 Å². The summed E-state index contributed by atoms with van der Waals surface area (Å²) in [4.78, 5) is 20.5. The molecule has 0 spiro atoms. The van der Waals surface area contributed by atoms with Crippen molar-refractivity contribution in [3.8, 4) is 17.4 Å². The summed E-state index contributed by atoms with van der Waals surface area (Å²) < 4.78 is 60.4. The lowest BCUT2D eigenvalue weighted by Gasteiger charge is -2.12. The van der Waals surface area contributed by atoms with E-state index in [2.05, 4.69) is 25.6 Å². The molecule has 0 fully saturated rings. The van der Waals surface area contributed by atoms with E-state index in [1.807, 2.05) is 0 Å². The maximum atomic E-state index is 13.8. The number of carbonyl (C=O) groups is 1. The van der Waals surface area contributed by atoms with E-state index >= 15 is 0 Å². The van der Waals surface area contributed by atoms with Crippen LogP contribution >= 0.6 is 0 Å². The van der Waals surface area contributed by atoms with Crippen LogP contribution in [0.15, 0.2) is 60.9 Å². The number of hydrogen-bond donors (Lipinski definition) is 1. The molecule has 0 aliphatic rings. The molecular formula is C21H14F4N6O2. The SMILES string of the molecule is Cc1cc(Oc2ncccn2)ccc1NC(=O)c1nnn(-c2ccc(F)cc2)c1C(F)(F)F. The number of nitrogens with zero attached hydrogens (tertiary/aromatic N) is 5. The highest BCUT2D eigenvalue weighted by atomic mass is 19.4. The average molecular weight is 458 g/mol. The summed E-state index contributed by atoms with van der Waals surface area (Å²) in [6.07, 6.45) is -1.95. The molecule has 0 bridgehead atoms. The van der Waals surface area contributed by atoms with Gasteiger partial charge in [-0.15, -0.1) is 5.10 Å². The second kappa shape index (κ2) is 8.65. The van der Waals surface area contributed by atoms with Gasteiger partial charge in [-0.25, -0.2) is 19.0 Å². The fraction of sp³-hybridized carbons (Fsp3) is 0.0952. The van der Waals surface area contributed by atoms with Gasteiger partial charge in [0, 0.05) is 18.1 Å². The molecule has 0 unspecified atom stereocenters. The topological polar surface area (TPSA) is 94.8 Å². The monoisotopic (exact) mass is 458 g/mol. The van der Waals surface area contributed by atoms with Crippen LogP contribution in [-0.2, 0) is 6.18 Å². The number of nitrogens with one attached hydrogen (secondary N) is 1. The first-order chi connectivity index (χ1) is 15.7. The van der Waals surface area contributed by atoms with Crippen molar-refractivity contribution in [1.29, 1.82) is 0 Å². The first-order valence-electron chi connectivity index (χ1n) is 9.38. The van der Waals surface area contributed by atoms with Crippen molar-refractivity contribution in [2.45, 2.75) is 13.1 Å². The van der Waals surface area contributed by atoms with E-state index in [-0.39, 0.29) is 17.4 Å². The number of aromatic nitrogens is 5. The third-order valence-corrected chi connectivity index (χ3v) is 4.42. The number of alkyl halides is 3. The smallest absolute Gasteiger partial charge is 0.424 e. The number of anilines is 1. The third kappa shape index (κ3) is 4.79. The number of carbonyl (C=O) groups excluding carboxylic acids is 1. The third-order valence-electron chi connectivity index (χ3n) is 4.42. The fourth-order valence-corrected chi connectivity index (χ4v) is 2.92. The number of ether oxygens (including phenoxy) is 1. The van der Waals surface area contributed by atoms with E-state index in [0.717, 1.165) is 24.3 Å². The van der Waals surface area contributed by atoms with Crippen molar-refractivity contribution in [1.82, 2.24) is 25.0 Å². The highest BCUT2D eigenvalue weighted by Crippen LogP contribution is 2.33. The molecule has 0 saturated heterocycles. The highest BCUT2D eigenvalue weighted by Gasteiger charge is 2.42. The van der Waals surface area contributed by atoms with Gasteiger partial charge in [-0.1, -0.05) is 5.21 Å². The Morgan fingerprint density at radius 3 is 2.39 bits per heavy atom. The average Bonchev–Trinajstić information content (AvgIpc) is 3.23. The maximum absolute atomic E-state index is 13.8. The molecule has 4 aromatic rings. The fourth-order valence-electron chi connectivity index (χ4n) is 2.92. The highest BCUT2D eigenvalue weighted by molar-refractivity contribution is 6.04. The van der Waals surface area contributed by atoms with Crippen molar-refractivity contribution >= 4 is 11.6 Å². The van der Waals surface area contributed by atoms with Gasteiger partial charge >= 0.3 is 12.2 Å². The Balaban J connectivity index is 1.60. The summed E-state index contributed by atoms with van der Waals surface area (Å²) in [5.74, 6) is -1.37. The van der Waals surface area contributed by atoms with Gasteiger partial charge in [0.25, 0.3) is 5.91 Å². The lowest BCUT2D eigenvalue weighted by Crippen LogP contribution is -2.21. The van der Waals surface area contributed by atoms with Crippen molar-refractivity contribution < 1.29 is 27.1 Å². The maximum Gasteiger partial charge on any atom is 0.435 e. The molecule has 2 aromatic carbocycles. The van der Waals surface area contributed by atoms with Crippen LogP contribution < -0.4 is 10.1 Å². The molecule has 2 heterocycles. The van der Waals surface area contributed by atoms with E-state index in [1.165, 1.54) is 24.5 Å². The number of halogens is 4. The normalized spacial score (nSPS) is 11.3. The quantitative estimate of drug-likeness (QED) is 0.441. The lowest BCUT2D eigenvalue weighted by atomic mass is 10.2. The Morgan fingerprint density at radius 1 is 1.06 bits per heavy atom. The Morgan fingerprint density at radius 2 is 1.76 bits per heavy atom. The molecule has 0 atom stereocenters. The van der Waals surface area contributed by atoms with Crippen LogP contribution in [-0.4, -0.2) is 30.9 Å². The second-order valence-corrected chi connectivity index (χ2v) is 6.74. The predicted molar refractivity (Wildman–Crippen MR) is 108 cm³/mol. The first kappa shape index (κ1) is 21.9. The van der Waals surface area contributed by atoms with Gasteiger partial charge in [-0.2, -0.15) is 13.2 Å². The minimum Gasteiger partial charge on any atom is -0.424 e. The largest absolute Gasteiger partial charge is 0.435 e. The molecule has 1 amide bonds. The molecule has 168 valence electrons. The standard InChI is InChI=1S/C21H14F4N6O2/c1-12-11-15(33-20-26-9-2-10-27-20)7-8-16(12)28-19(32)17-18(21(23,24)25)31(30-29-17)14-5-3-13(22)4-6-14/h2-11H,1H3,(H,28,32). The Bertz CT molecular complexity index is 1290. The molecule has 2 aromatic heterocycles. The van der Waals surface area contributed by atoms with Gasteiger partial charge in [0.1, 0.15) is 11.6 Å². The first-order valence-corrected chi connectivity index (χ1v) is 9.38. The molecule has 0 aliphatic carbocycles. The predicted octanol–water partition coefficient (Wildman–Crippen LogP) is 4.57. The number of amides is 1. The zero-order valence-corrected chi connectivity index (χ0v) is 16.8. The van der Waals surface area contributed by atoms with Gasteiger partial charge < -0.3 is 10.1 Å². The molecule has 1 N–H and O–H groups in total. The summed E-state index contributed by atoms with van der Waals surface area (Å²) >= 11 is 0. The van der Waals surface area contributed by atoms with E-state index in [4.69, 9.17) is 4.74 Å². The van der Waals surface area contributed by atoms with E-state index in [9.17, 15) is 22.4 Å². The Labute approximate surface area is 183 Å². The second-order valence-electron chi connectivity index (χ2n) is 6.74. The van der Waals surface area contributed by atoms with E-state index in [1.54, 1.807) is 19.1 Å². The van der Waals surface area contributed by atoms with Gasteiger partial charge in [-0.05, 0) is 61.0 Å². The lowest BCUT2D eigenvalue weighted by molar-refractivity contribution is -0.143. The molecule has 0 radical (unpaired) electrons. The minimum absolute atomic E-state index is 0.101. The molecule has 0 aliphatic heterocycles. The summed E-state index contributed by atoms with van der Waals surface area (Å²) in [7, 11) is 0. The summed E-state index contributed by atoms with van der Waals surface area (Å²) in [5.41, 5.74) is -1.66. The van der Waals surface area contributed by atoms with Crippen LogP contribution in [0.5, 0.6) is 11.8 Å². The number of aryl methyl sites for hydroxylation is 1. The van der Waals surface area contributed by atoms with Crippen molar-refractivity contribution in [3.05, 3.63) is 83.7 Å². The van der Waals surface area contributed by atoms with Crippen LogP contribution in [0.3, 0.4) is 0 Å². The molecule has 12 heteroatoms.